The van der Waals surface area contributed by atoms with E-state index in [1.807, 2.05) is 37.3 Å². The van der Waals surface area contributed by atoms with Crippen molar-refractivity contribution in [3.8, 4) is 11.5 Å². The molecule has 0 aliphatic carbocycles. The Balaban J connectivity index is 1.35. The maximum Gasteiger partial charge on any atom is 0.321 e. The van der Waals surface area contributed by atoms with E-state index in [-0.39, 0.29) is 24.0 Å². The predicted molar refractivity (Wildman–Crippen MR) is 123 cm³/mol. The van der Waals surface area contributed by atoms with Crippen LogP contribution in [-0.2, 0) is 10.2 Å². The molecule has 1 saturated heterocycles. The zero-order valence-corrected chi connectivity index (χ0v) is 19.2. The zero-order valence-electron chi connectivity index (χ0n) is 19.2. The molecule has 2 heterocycles. The molecule has 170 valence electrons. The van der Waals surface area contributed by atoms with Crippen LogP contribution in [0.1, 0.15) is 31.9 Å². The highest BCUT2D eigenvalue weighted by Crippen LogP contribution is 2.33. The molecular weight excluding hydrogens is 406 g/mol. The van der Waals surface area contributed by atoms with E-state index in [9.17, 15) is 9.59 Å². The maximum atomic E-state index is 13.0. The van der Waals surface area contributed by atoms with E-state index in [0.717, 1.165) is 16.8 Å². The second kappa shape index (κ2) is 8.73. The number of ether oxygens (including phenoxy) is 2. The molecule has 0 saturated carbocycles. The summed E-state index contributed by atoms with van der Waals surface area (Å²) in [5.41, 5.74) is 2.93. The lowest BCUT2D eigenvalue weighted by Crippen LogP contribution is -2.55. The van der Waals surface area contributed by atoms with Gasteiger partial charge in [0.2, 0.25) is 6.10 Å². The van der Waals surface area contributed by atoms with Crippen LogP contribution in [0.4, 0.5) is 10.5 Å². The van der Waals surface area contributed by atoms with Gasteiger partial charge >= 0.3 is 6.03 Å². The molecule has 2 aliphatic heterocycles. The van der Waals surface area contributed by atoms with Crippen molar-refractivity contribution in [1.82, 2.24) is 9.80 Å². The molecular formula is C25H31N3O4. The number of hydrogen-bond donors (Lipinski definition) is 1. The number of nitrogens with one attached hydrogen (secondary N) is 1. The summed E-state index contributed by atoms with van der Waals surface area (Å²) in [7, 11) is 0. The van der Waals surface area contributed by atoms with Crippen molar-refractivity contribution < 1.29 is 19.1 Å². The lowest BCUT2D eigenvalue weighted by Gasteiger charge is -2.37. The average Bonchev–Trinajstić information content (AvgIpc) is 2.79. The summed E-state index contributed by atoms with van der Waals surface area (Å²) in [5, 5.41) is 3.11. The van der Waals surface area contributed by atoms with E-state index in [1.165, 1.54) is 0 Å². The number of amides is 3. The van der Waals surface area contributed by atoms with Gasteiger partial charge in [-0.15, -0.1) is 0 Å². The molecule has 2 aromatic carbocycles. The average molecular weight is 438 g/mol. The number of para-hydroxylation sites is 3. The fourth-order valence-electron chi connectivity index (χ4n) is 4.12. The smallest absolute Gasteiger partial charge is 0.321 e. The Labute approximate surface area is 189 Å². The van der Waals surface area contributed by atoms with E-state index in [2.05, 4.69) is 32.2 Å². The molecule has 1 fully saturated rings. The number of urea groups is 1. The quantitative estimate of drug-likeness (QED) is 0.776. The van der Waals surface area contributed by atoms with Gasteiger partial charge in [-0.3, -0.25) is 4.79 Å². The summed E-state index contributed by atoms with van der Waals surface area (Å²) in [5.74, 6) is 1.14. The number of aryl methyl sites for hydroxylation is 1. The van der Waals surface area contributed by atoms with Gasteiger partial charge in [-0.1, -0.05) is 51.1 Å². The number of carbonyl (C=O) groups is 2. The first-order valence-corrected chi connectivity index (χ1v) is 11.1. The summed E-state index contributed by atoms with van der Waals surface area (Å²) < 4.78 is 11.5. The first-order chi connectivity index (χ1) is 15.2. The second-order valence-electron chi connectivity index (χ2n) is 9.35. The van der Waals surface area contributed by atoms with Crippen molar-refractivity contribution >= 4 is 17.6 Å². The van der Waals surface area contributed by atoms with Gasteiger partial charge in [0.1, 0.15) is 6.61 Å². The first-order valence-electron chi connectivity index (χ1n) is 11.1. The Kier molecular flexibility index (Phi) is 6.00. The van der Waals surface area contributed by atoms with Gasteiger partial charge in [0, 0.05) is 31.9 Å². The van der Waals surface area contributed by atoms with Crippen LogP contribution < -0.4 is 14.8 Å². The molecule has 0 radical (unpaired) electrons. The molecule has 0 bridgehead atoms. The van der Waals surface area contributed by atoms with Crippen LogP contribution in [0, 0.1) is 6.92 Å². The Morgan fingerprint density at radius 3 is 2.28 bits per heavy atom. The van der Waals surface area contributed by atoms with Gasteiger partial charge in [0.15, 0.2) is 11.5 Å². The van der Waals surface area contributed by atoms with E-state index >= 15 is 0 Å². The summed E-state index contributed by atoms with van der Waals surface area (Å²) >= 11 is 0. The highest BCUT2D eigenvalue weighted by atomic mass is 16.6. The standard InChI is InChI=1S/C25H31N3O4/c1-17-8-7-9-18(25(2,3)4)22(17)26-24(30)28-14-12-27(13-15-28)23(29)21-16-31-19-10-5-6-11-20(19)32-21/h5-11,21H,12-16H2,1-4H3,(H,26,30). The van der Waals surface area contributed by atoms with E-state index in [4.69, 9.17) is 9.47 Å². The molecule has 1 unspecified atom stereocenters. The van der Waals surface area contributed by atoms with Crippen molar-refractivity contribution in [1.29, 1.82) is 0 Å². The molecule has 0 aromatic heterocycles. The van der Waals surface area contributed by atoms with Gasteiger partial charge in [0.05, 0.1) is 0 Å². The molecule has 3 amide bonds. The molecule has 1 atom stereocenters. The van der Waals surface area contributed by atoms with E-state index in [1.54, 1.807) is 15.9 Å². The largest absolute Gasteiger partial charge is 0.485 e. The number of benzene rings is 2. The van der Waals surface area contributed by atoms with Crippen LogP contribution in [0.25, 0.3) is 0 Å². The van der Waals surface area contributed by atoms with E-state index < -0.39 is 6.10 Å². The number of anilines is 1. The van der Waals surface area contributed by atoms with Crippen LogP contribution in [0.3, 0.4) is 0 Å². The fourth-order valence-corrected chi connectivity index (χ4v) is 4.12. The van der Waals surface area contributed by atoms with Crippen molar-refractivity contribution in [3.63, 3.8) is 0 Å². The van der Waals surface area contributed by atoms with Gasteiger partial charge in [-0.05, 0) is 35.6 Å². The number of piperazine rings is 1. The topological polar surface area (TPSA) is 71.1 Å². The first kappa shape index (κ1) is 22.0. The third kappa shape index (κ3) is 4.52. The van der Waals surface area contributed by atoms with Crippen LogP contribution in [0.5, 0.6) is 11.5 Å². The normalized spacial score (nSPS) is 18.3. The number of hydrogen-bond acceptors (Lipinski definition) is 4. The Bertz CT molecular complexity index is 1010. The van der Waals surface area contributed by atoms with E-state index in [0.29, 0.717) is 37.7 Å². The molecule has 32 heavy (non-hydrogen) atoms. The third-order valence-corrected chi connectivity index (χ3v) is 5.98. The molecule has 4 rings (SSSR count). The fraction of sp³-hybridized carbons (Fsp3) is 0.440. The summed E-state index contributed by atoms with van der Waals surface area (Å²) in [4.78, 5) is 29.4. The molecule has 7 heteroatoms. The van der Waals surface area contributed by atoms with Crippen LogP contribution in [0.2, 0.25) is 0 Å². The van der Waals surface area contributed by atoms with Gasteiger partial charge in [0.25, 0.3) is 5.91 Å². The van der Waals surface area contributed by atoms with Crippen molar-refractivity contribution in [2.45, 2.75) is 39.2 Å². The number of nitrogens with zero attached hydrogens (tertiary/aromatic N) is 2. The minimum atomic E-state index is -0.661. The lowest BCUT2D eigenvalue weighted by molar-refractivity contribution is -0.142. The summed E-state index contributed by atoms with van der Waals surface area (Å²) in [6.07, 6.45) is -0.661. The van der Waals surface area contributed by atoms with Crippen LogP contribution in [0.15, 0.2) is 42.5 Å². The Hall–Kier alpha value is -3.22. The number of fused-ring (bicyclic) bond motifs is 1. The Morgan fingerprint density at radius 2 is 1.59 bits per heavy atom. The van der Waals surface area contributed by atoms with Gasteiger partial charge in [-0.25, -0.2) is 4.79 Å². The van der Waals surface area contributed by atoms with Crippen molar-refractivity contribution in [2.24, 2.45) is 0 Å². The number of carbonyl (C=O) groups excluding carboxylic acids is 2. The maximum absolute atomic E-state index is 13.0. The second-order valence-corrected chi connectivity index (χ2v) is 9.35. The highest BCUT2D eigenvalue weighted by Gasteiger charge is 2.33. The summed E-state index contributed by atoms with van der Waals surface area (Å²) in [6, 6.07) is 13.3. The predicted octanol–water partition coefficient (Wildman–Crippen LogP) is 3.81. The summed E-state index contributed by atoms with van der Waals surface area (Å²) in [6.45, 7) is 10.5. The van der Waals surface area contributed by atoms with Crippen molar-refractivity contribution in [3.05, 3.63) is 53.6 Å². The Morgan fingerprint density at radius 1 is 0.938 bits per heavy atom. The van der Waals surface area contributed by atoms with Crippen molar-refractivity contribution in [2.75, 3.05) is 38.1 Å². The molecule has 7 nitrogen and oxygen atoms in total. The minimum absolute atomic E-state index is 0.0829. The molecule has 1 N–H and O–H groups in total. The zero-order chi connectivity index (χ0) is 22.9. The lowest BCUT2D eigenvalue weighted by atomic mass is 9.84. The monoisotopic (exact) mass is 437 g/mol. The third-order valence-electron chi connectivity index (χ3n) is 5.98. The minimum Gasteiger partial charge on any atom is -0.485 e. The molecule has 2 aliphatic rings. The SMILES string of the molecule is Cc1cccc(C(C)(C)C)c1NC(=O)N1CCN(C(=O)C2COc3ccccc3O2)CC1. The van der Waals surface area contributed by atoms with Gasteiger partial charge in [-0.2, -0.15) is 0 Å². The van der Waals surface area contributed by atoms with Gasteiger partial charge < -0.3 is 24.6 Å². The highest BCUT2D eigenvalue weighted by molar-refractivity contribution is 5.91. The molecule has 2 aromatic rings. The number of rotatable bonds is 2. The molecule has 0 spiro atoms. The van der Waals surface area contributed by atoms with Crippen LogP contribution in [-0.4, -0.2) is 60.6 Å². The van der Waals surface area contributed by atoms with Crippen LogP contribution >= 0.6 is 0 Å².